The summed E-state index contributed by atoms with van der Waals surface area (Å²) in [6.07, 6.45) is 0. The van der Waals surface area contributed by atoms with Crippen LogP contribution in [0.15, 0.2) is 24.3 Å². The van der Waals surface area contributed by atoms with Crippen LogP contribution in [0.2, 0.25) is 0 Å². The summed E-state index contributed by atoms with van der Waals surface area (Å²) in [7, 11) is 1.62. The molecule has 4 nitrogen and oxygen atoms in total. The third kappa shape index (κ3) is 3.31. The van der Waals surface area contributed by atoms with Crippen molar-refractivity contribution in [3.05, 3.63) is 29.8 Å². The zero-order valence-corrected chi connectivity index (χ0v) is 12.8. The average Bonchev–Trinajstić information content (AvgIpc) is 2.46. The molecule has 0 saturated carbocycles. The van der Waals surface area contributed by atoms with Gasteiger partial charge < -0.3 is 9.64 Å². The Morgan fingerprint density at radius 1 is 1.15 bits per heavy atom. The molecule has 0 spiro atoms. The van der Waals surface area contributed by atoms with E-state index in [0.717, 1.165) is 31.9 Å². The minimum absolute atomic E-state index is 0.0949. The number of methoxy groups -OCH3 is 1. The van der Waals surface area contributed by atoms with Gasteiger partial charge in [-0.1, -0.05) is 6.07 Å². The van der Waals surface area contributed by atoms with Crippen molar-refractivity contribution in [1.29, 1.82) is 0 Å². The van der Waals surface area contributed by atoms with Gasteiger partial charge in [0.1, 0.15) is 5.75 Å². The molecular formula is C16H24N2O2. The van der Waals surface area contributed by atoms with Crippen LogP contribution in [0.1, 0.15) is 31.1 Å². The monoisotopic (exact) mass is 276 g/mol. The fourth-order valence-corrected chi connectivity index (χ4v) is 2.52. The van der Waals surface area contributed by atoms with Crippen LogP contribution in [0.3, 0.4) is 0 Å². The molecule has 1 fully saturated rings. The first-order chi connectivity index (χ1) is 9.41. The third-order valence-corrected chi connectivity index (χ3v) is 3.83. The van der Waals surface area contributed by atoms with Gasteiger partial charge in [-0.05, 0) is 39.0 Å². The second-order valence-electron chi connectivity index (χ2n) is 6.18. The van der Waals surface area contributed by atoms with E-state index in [1.54, 1.807) is 13.2 Å². The van der Waals surface area contributed by atoms with E-state index in [-0.39, 0.29) is 11.4 Å². The Hall–Kier alpha value is -1.55. The molecule has 4 heteroatoms. The SMILES string of the molecule is COc1cccc(C(=O)N2CCN(C(C)(C)C)CC2)c1. The topological polar surface area (TPSA) is 32.8 Å². The molecule has 0 aromatic heterocycles. The Bertz CT molecular complexity index is 472. The lowest BCUT2D eigenvalue weighted by atomic mass is 10.0. The first-order valence-electron chi connectivity index (χ1n) is 7.10. The highest BCUT2D eigenvalue weighted by Gasteiger charge is 2.28. The van der Waals surface area contributed by atoms with Gasteiger partial charge in [0.2, 0.25) is 0 Å². The molecule has 1 amide bonds. The van der Waals surface area contributed by atoms with Gasteiger partial charge in [-0.2, -0.15) is 0 Å². The summed E-state index contributed by atoms with van der Waals surface area (Å²) < 4.78 is 5.18. The Labute approximate surface area is 121 Å². The van der Waals surface area contributed by atoms with Crippen molar-refractivity contribution >= 4 is 5.91 Å². The maximum atomic E-state index is 12.5. The molecular weight excluding hydrogens is 252 g/mol. The number of hydrogen-bond donors (Lipinski definition) is 0. The number of nitrogens with zero attached hydrogens (tertiary/aromatic N) is 2. The van der Waals surface area contributed by atoms with Gasteiger partial charge in [0.15, 0.2) is 0 Å². The van der Waals surface area contributed by atoms with Crippen LogP contribution in [-0.2, 0) is 0 Å². The maximum absolute atomic E-state index is 12.5. The lowest BCUT2D eigenvalue weighted by Gasteiger charge is -2.42. The van der Waals surface area contributed by atoms with E-state index in [1.807, 2.05) is 23.1 Å². The molecule has 0 radical (unpaired) electrons. The minimum Gasteiger partial charge on any atom is -0.497 e. The molecule has 0 aliphatic carbocycles. The van der Waals surface area contributed by atoms with Crippen LogP contribution < -0.4 is 4.74 Å². The van der Waals surface area contributed by atoms with E-state index < -0.39 is 0 Å². The fourth-order valence-electron chi connectivity index (χ4n) is 2.52. The Balaban J connectivity index is 2.01. The standard InChI is InChI=1S/C16H24N2O2/c1-16(2,3)18-10-8-17(9-11-18)15(19)13-6-5-7-14(12-13)20-4/h5-7,12H,8-11H2,1-4H3. The summed E-state index contributed by atoms with van der Waals surface area (Å²) >= 11 is 0. The zero-order valence-electron chi connectivity index (χ0n) is 12.8. The number of amides is 1. The number of benzene rings is 1. The summed E-state index contributed by atoms with van der Waals surface area (Å²) in [6.45, 7) is 10.1. The van der Waals surface area contributed by atoms with E-state index in [1.165, 1.54) is 0 Å². The predicted molar refractivity (Wildman–Crippen MR) is 80.2 cm³/mol. The first kappa shape index (κ1) is 14.9. The number of carbonyl (C=O) groups is 1. The van der Waals surface area contributed by atoms with Crippen molar-refractivity contribution in [3.8, 4) is 5.75 Å². The van der Waals surface area contributed by atoms with Crippen LogP contribution in [-0.4, -0.2) is 54.5 Å². The molecule has 20 heavy (non-hydrogen) atoms. The molecule has 110 valence electrons. The van der Waals surface area contributed by atoms with Gasteiger partial charge in [0.05, 0.1) is 7.11 Å². The predicted octanol–water partition coefficient (Wildman–Crippen LogP) is 2.25. The van der Waals surface area contributed by atoms with Crippen molar-refractivity contribution in [2.75, 3.05) is 33.3 Å². The van der Waals surface area contributed by atoms with Crippen LogP contribution in [0.4, 0.5) is 0 Å². The summed E-state index contributed by atoms with van der Waals surface area (Å²) in [5, 5.41) is 0. The number of piperazine rings is 1. The number of hydrogen-bond acceptors (Lipinski definition) is 3. The molecule has 2 rings (SSSR count). The average molecular weight is 276 g/mol. The van der Waals surface area contributed by atoms with Crippen LogP contribution in [0.5, 0.6) is 5.75 Å². The lowest BCUT2D eigenvalue weighted by Crippen LogP contribution is -2.54. The first-order valence-corrected chi connectivity index (χ1v) is 7.10. The van der Waals surface area contributed by atoms with Crippen molar-refractivity contribution in [3.63, 3.8) is 0 Å². The number of ether oxygens (including phenoxy) is 1. The normalized spacial score (nSPS) is 17.1. The van der Waals surface area contributed by atoms with Gasteiger partial charge in [-0.25, -0.2) is 0 Å². The highest BCUT2D eigenvalue weighted by molar-refractivity contribution is 5.94. The van der Waals surface area contributed by atoms with E-state index in [0.29, 0.717) is 5.56 Å². The van der Waals surface area contributed by atoms with Gasteiger partial charge in [0, 0.05) is 37.3 Å². The van der Waals surface area contributed by atoms with Gasteiger partial charge in [-0.3, -0.25) is 9.69 Å². The summed E-state index contributed by atoms with van der Waals surface area (Å²) in [6, 6.07) is 7.37. The second kappa shape index (κ2) is 5.83. The number of rotatable bonds is 2. The van der Waals surface area contributed by atoms with Crippen molar-refractivity contribution in [1.82, 2.24) is 9.80 Å². The summed E-state index contributed by atoms with van der Waals surface area (Å²) in [5.74, 6) is 0.821. The smallest absolute Gasteiger partial charge is 0.254 e. The Morgan fingerprint density at radius 2 is 1.80 bits per heavy atom. The molecule has 0 N–H and O–H groups in total. The molecule has 1 aliphatic heterocycles. The molecule has 0 atom stereocenters. The van der Waals surface area contributed by atoms with Crippen LogP contribution in [0, 0.1) is 0 Å². The highest BCUT2D eigenvalue weighted by atomic mass is 16.5. The summed E-state index contributed by atoms with van der Waals surface area (Å²) in [4.78, 5) is 16.8. The van der Waals surface area contributed by atoms with Crippen LogP contribution >= 0.6 is 0 Å². The van der Waals surface area contributed by atoms with Crippen LogP contribution in [0.25, 0.3) is 0 Å². The Morgan fingerprint density at radius 3 is 2.35 bits per heavy atom. The molecule has 1 aromatic carbocycles. The molecule has 1 aliphatic rings. The van der Waals surface area contributed by atoms with E-state index >= 15 is 0 Å². The minimum atomic E-state index is 0.0949. The van der Waals surface area contributed by atoms with Gasteiger partial charge >= 0.3 is 0 Å². The van der Waals surface area contributed by atoms with Crippen molar-refractivity contribution in [2.24, 2.45) is 0 Å². The zero-order chi connectivity index (χ0) is 14.8. The van der Waals surface area contributed by atoms with E-state index in [9.17, 15) is 4.79 Å². The van der Waals surface area contributed by atoms with Crippen molar-refractivity contribution in [2.45, 2.75) is 26.3 Å². The maximum Gasteiger partial charge on any atom is 0.254 e. The molecule has 1 saturated heterocycles. The molecule has 1 aromatic rings. The molecule has 0 unspecified atom stereocenters. The third-order valence-electron chi connectivity index (χ3n) is 3.83. The Kier molecular flexibility index (Phi) is 4.33. The van der Waals surface area contributed by atoms with E-state index in [2.05, 4.69) is 25.7 Å². The quantitative estimate of drug-likeness (QED) is 0.830. The highest BCUT2D eigenvalue weighted by Crippen LogP contribution is 2.18. The second-order valence-corrected chi connectivity index (χ2v) is 6.18. The number of carbonyl (C=O) groups excluding carboxylic acids is 1. The summed E-state index contributed by atoms with van der Waals surface area (Å²) in [5.41, 5.74) is 0.874. The van der Waals surface area contributed by atoms with E-state index in [4.69, 9.17) is 4.74 Å². The lowest BCUT2D eigenvalue weighted by molar-refractivity contribution is 0.0451. The van der Waals surface area contributed by atoms with Crippen molar-refractivity contribution < 1.29 is 9.53 Å². The van der Waals surface area contributed by atoms with Gasteiger partial charge in [-0.15, -0.1) is 0 Å². The molecule has 0 bridgehead atoms. The van der Waals surface area contributed by atoms with Gasteiger partial charge in [0.25, 0.3) is 5.91 Å². The fraction of sp³-hybridized carbons (Fsp3) is 0.562. The largest absolute Gasteiger partial charge is 0.497 e. The molecule has 1 heterocycles.